The standard InChI is InChI=1S/C39H56F3N7O15S/c40-39(41,42)38(48-49-38)19-10-8-18(9-11-19)33(58)45-20(5-3-4-12-43-25(52)7-2-1-6-24-26-21(17-65-24)46-37(60)47-26)34(59)44-13-14-61-35-31(57)29(55)32(23(16-51)63-35)64-36-30(56)28(54)27(53)22(15-50)62-36/h8-11,20-24,26-32,35-36,50-51,53-57H,1-7,12-17H2,(H,43,52)(H,44,59)(H,45,58)(H2,46,47,60)/t20-,21-,22-,23-,24-,26-,27-,28-,29+,30-,31-,32+,35+,36-/m0/s1. The van der Waals surface area contributed by atoms with Crippen molar-refractivity contribution in [3.8, 4) is 0 Å². The van der Waals surface area contributed by atoms with Gasteiger partial charge >= 0.3 is 17.9 Å². The monoisotopic (exact) mass is 951 g/mol. The third-order valence-electron chi connectivity index (χ3n) is 11.8. The van der Waals surface area contributed by atoms with Crippen molar-refractivity contribution in [2.45, 2.75) is 142 Å². The summed E-state index contributed by atoms with van der Waals surface area (Å²) in [5, 5.41) is 92.1. The maximum atomic E-state index is 13.5. The van der Waals surface area contributed by atoms with Gasteiger partial charge in [0.05, 0.1) is 31.9 Å². The van der Waals surface area contributed by atoms with Crippen molar-refractivity contribution in [3.05, 3.63) is 35.4 Å². The molecule has 1 aromatic carbocycles. The molecule has 0 aliphatic carbocycles. The second-order valence-electron chi connectivity index (χ2n) is 16.4. The number of ether oxygens (including phenoxy) is 4. The van der Waals surface area contributed by atoms with Gasteiger partial charge in [0.1, 0.15) is 54.9 Å². The van der Waals surface area contributed by atoms with Crippen LogP contribution in [-0.2, 0) is 34.2 Å². The van der Waals surface area contributed by atoms with Gasteiger partial charge in [0, 0.05) is 41.6 Å². The first-order chi connectivity index (χ1) is 31.0. The fourth-order valence-corrected chi connectivity index (χ4v) is 9.58. The quantitative estimate of drug-likeness (QED) is 0.0431. The van der Waals surface area contributed by atoms with Crippen LogP contribution in [0, 0.1) is 0 Å². The van der Waals surface area contributed by atoms with Gasteiger partial charge in [-0.2, -0.15) is 24.9 Å². The van der Waals surface area contributed by atoms with Crippen LogP contribution in [0.5, 0.6) is 0 Å². The second-order valence-corrected chi connectivity index (χ2v) is 17.6. The van der Waals surface area contributed by atoms with Crippen molar-refractivity contribution in [1.82, 2.24) is 26.6 Å². The second kappa shape index (κ2) is 22.3. The minimum atomic E-state index is -4.77. The average Bonchev–Trinajstić information content (AvgIpc) is 3.92. The van der Waals surface area contributed by atoms with Crippen molar-refractivity contribution in [3.63, 3.8) is 0 Å². The number of nitrogens with one attached hydrogen (secondary N) is 5. The van der Waals surface area contributed by atoms with Crippen LogP contribution in [0.2, 0.25) is 0 Å². The van der Waals surface area contributed by atoms with Crippen molar-refractivity contribution >= 4 is 35.5 Å². The lowest BCUT2D eigenvalue weighted by Crippen LogP contribution is -2.64. The number of carbonyl (C=O) groups excluding carboxylic acids is 4. The van der Waals surface area contributed by atoms with Crippen LogP contribution in [0.1, 0.15) is 60.9 Å². The summed E-state index contributed by atoms with van der Waals surface area (Å²) in [5.74, 6) is -0.750. The van der Waals surface area contributed by atoms with Crippen molar-refractivity contribution < 1.29 is 87.0 Å². The molecule has 0 bridgehead atoms. The lowest BCUT2D eigenvalue weighted by Gasteiger charge is -2.45. The number of benzene rings is 1. The highest BCUT2D eigenvalue weighted by atomic mass is 32.2. The van der Waals surface area contributed by atoms with Crippen LogP contribution in [0.4, 0.5) is 18.0 Å². The van der Waals surface area contributed by atoms with Gasteiger partial charge in [0.2, 0.25) is 11.8 Å². The summed E-state index contributed by atoms with van der Waals surface area (Å²) < 4.78 is 62.5. The number of fused-ring (bicyclic) bond motifs is 1. The summed E-state index contributed by atoms with van der Waals surface area (Å²) in [6, 6.07) is 3.32. The zero-order valence-electron chi connectivity index (χ0n) is 34.9. The van der Waals surface area contributed by atoms with Gasteiger partial charge in [-0.15, -0.1) is 10.2 Å². The number of carbonyl (C=O) groups is 4. The number of urea groups is 1. The van der Waals surface area contributed by atoms with Gasteiger partial charge in [-0.05, 0) is 44.2 Å². The normalized spacial score (nSPS) is 33.1. The molecule has 1 aromatic rings. The molecule has 65 heavy (non-hydrogen) atoms. The molecule has 5 aliphatic rings. The number of alkyl halides is 3. The van der Waals surface area contributed by atoms with Gasteiger partial charge in [-0.3, -0.25) is 14.4 Å². The molecular weight excluding hydrogens is 896 g/mol. The highest BCUT2D eigenvalue weighted by Gasteiger charge is 2.65. The van der Waals surface area contributed by atoms with Crippen molar-refractivity contribution in [2.24, 2.45) is 10.2 Å². The van der Waals surface area contributed by atoms with E-state index in [9.17, 15) is 68.1 Å². The fraction of sp³-hybridized carbons (Fsp3) is 0.744. The zero-order chi connectivity index (χ0) is 47.1. The fourth-order valence-electron chi connectivity index (χ4n) is 8.04. The summed E-state index contributed by atoms with van der Waals surface area (Å²) in [6.07, 6.45) is -17.9. The van der Waals surface area contributed by atoms with Gasteiger partial charge in [0.25, 0.3) is 5.91 Å². The van der Waals surface area contributed by atoms with E-state index >= 15 is 0 Å². The van der Waals surface area contributed by atoms with E-state index in [4.69, 9.17) is 18.9 Å². The van der Waals surface area contributed by atoms with Crippen LogP contribution in [0.3, 0.4) is 0 Å². The molecule has 364 valence electrons. The molecule has 0 spiro atoms. The number of halogens is 3. The molecule has 12 N–H and O–H groups in total. The summed E-state index contributed by atoms with van der Waals surface area (Å²) >= 11 is 1.80. The van der Waals surface area contributed by atoms with Gasteiger partial charge < -0.3 is 81.3 Å². The maximum absolute atomic E-state index is 13.5. The number of nitrogens with zero attached hydrogens (tertiary/aromatic N) is 2. The Hall–Kier alpha value is -3.80. The molecule has 6 rings (SSSR count). The summed E-state index contributed by atoms with van der Waals surface area (Å²) in [7, 11) is 0. The Morgan fingerprint density at radius 3 is 2.23 bits per heavy atom. The minimum Gasteiger partial charge on any atom is -0.394 e. The third kappa shape index (κ3) is 12.2. The van der Waals surface area contributed by atoms with Gasteiger partial charge in [-0.1, -0.05) is 18.6 Å². The van der Waals surface area contributed by atoms with Crippen molar-refractivity contribution in [2.75, 3.05) is 38.7 Å². The summed E-state index contributed by atoms with van der Waals surface area (Å²) in [4.78, 5) is 50.8. The first kappa shape index (κ1) is 50.6. The predicted molar refractivity (Wildman–Crippen MR) is 216 cm³/mol. The molecule has 22 nitrogen and oxygen atoms in total. The number of unbranched alkanes of at least 4 members (excludes halogenated alkanes) is 2. The Kier molecular flexibility index (Phi) is 17.4. The van der Waals surface area contributed by atoms with Gasteiger partial charge in [-0.25, -0.2) is 4.79 Å². The zero-order valence-corrected chi connectivity index (χ0v) is 35.7. The number of hydrogen-bond donors (Lipinski definition) is 12. The van der Waals surface area contributed by atoms with E-state index < -0.39 is 104 Å². The Labute approximate surface area is 374 Å². The van der Waals surface area contributed by atoms with Crippen molar-refractivity contribution in [1.29, 1.82) is 0 Å². The number of aliphatic hydroxyl groups excluding tert-OH is 7. The molecule has 0 saturated carbocycles. The molecule has 5 amide bonds. The third-order valence-corrected chi connectivity index (χ3v) is 13.3. The van der Waals surface area contributed by atoms with E-state index in [1.807, 2.05) is 0 Å². The Morgan fingerprint density at radius 2 is 1.55 bits per heavy atom. The highest BCUT2D eigenvalue weighted by molar-refractivity contribution is 8.00. The van der Waals surface area contributed by atoms with Crippen LogP contribution in [-0.4, -0.2) is 189 Å². The average molecular weight is 952 g/mol. The molecule has 5 heterocycles. The highest BCUT2D eigenvalue weighted by Crippen LogP contribution is 2.52. The lowest BCUT2D eigenvalue weighted by molar-refractivity contribution is -0.359. The molecule has 0 radical (unpaired) electrons. The predicted octanol–water partition coefficient (Wildman–Crippen LogP) is -2.26. The first-order valence-corrected chi connectivity index (χ1v) is 22.4. The number of thioether (sulfide) groups is 1. The minimum absolute atomic E-state index is 0.0506. The Morgan fingerprint density at radius 1 is 0.862 bits per heavy atom. The van der Waals surface area contributed by atoms with Gasteiger partial charge in [0.15, 0.2) is 12.6 Å². The number of rotatable bonds is 22. The number of aliphatic hydroxyl groups is 7. The molecule has 0 unspecified atom stereocenters. The molecule has 4 saturated heterocycles. The summed E-state index contributed by atoms with van der Waals surface area (Å²) in [5.41, 5.74) is -3.03. The van der Waals surface area contributed by atoms with E-state index in [2.05, 4.69) is 36.8 Å². The number of amides is 5. The molecule has 26 heteroatoms. The first-order valence-electron chi connectivity index (χ1n) is 21.3. The Balaban J connectivity index is 0.966. The van der Waals surface area contributed by atoms with E-state index in [1.165, 1.54) is 0 Å². The maximum Gasteiger partial charge on any atom is 0.442 e. The number of hydrogen-bond acceptors (Lipinski definition) is 18. The Bertz CT molecular complexity index is 1820. The van der Waals surface area contributed by atoms with E-state index in [-0.39, 0.29) is 66.5 Å². The van der Waals surface area contributed by atoms with E-state index in [0.717, 1.165) is 42.9 Å². The molecular formula is C39H56F3N7O15S. The lowest BCUT2D eigenvalue weighted by atomic mass is 9.97. The topological polar surface area (TPSA) is 332 Å². The van der Waals surface area contributed by atoms with Crippen LogP contribution < -0.4 is 26.6 Å². The smallest absolute Gasteiger partial charge is 0.394 e. The summed E-state index contributed by atoms with van der Waals surface area (Å²) in [6.45, 7) is -1.85. The molecule has 0 aromatic heterocycles. The molecule has 14 atom stereocenters. The van der Waals surface area contributed by atoms with E-state index in [0.29, 0.717) is 25.7 Å². The van der Waals surface area contributed by atoms with Crippen LogP contribution >= 0.6 is 11.8 Å². The molecule has 4 fully saturated rings. The molecule has 5 aliphatic heterocycles. The van der Waals surface area contributed by atoms with Crippen LogP contribution in [0.15, 0.2) is 34.5 Å². The SMILES string of the molecule is O=C(CCCC[C@@H]1SC[C@@H]2NC(=O)N[C@@H]21)NCCCC[C@H](NC(=O)c1ccc(C2(C(F)(F)F)N=N2)cc1)C(=O)NCCO[C@@H]1O[C@@H](CO)[C@@H](O[C@@H]2O[C@@H](CO)[C@H](O)[C@H](O)[C@@H]2O)[C@H](O)[C@@H]1O. The van der Waals surface area contributed by atoms with E-state index in [1.54, 1.807) is 11.8 Å². The van der Waals surface area contributed by atoms with Crippen LogP contribution in [0.25, 0.3) is 0 Å². The largest absolute Gasteiger partial charge is 0.442 e.